The van der Waals surface area contributed by atoms with E-state index in [1.165, 1.54) is 5.56 Å². The van der Waals surface area contributed by atoms with Crippen molar-refractivity contribution < 1.29 is 4.42 Å². The fourth-order valence-electron chi connectivity index (χ4n) is 7.68. The largest absolute Gasteiger partial charge is 0.435 e. The molecule has 0 saturated heterocycles. The average molecular weight is 706 g/mol. The first-order valence-electron chi connectivity index (χ1n) is 18.5. The van der Waals surface area contributed by atoms with Gasteiger partial charge in [0, 0.05) is 50.5 Å². The summed E-state index contributed by atoms with van der Waals surface area (Å²) in [5.74, 6) is 0.583. The maximum Gasteiger partial charge on any atom is 0.227 e. The van der Waals surface area contributed by atoms with E-state index in [9.17, 15) is 0 Å². The van der Waals surface area contributed by atoms with Crippen LogP contribution in [0, 0.1) is 0 Å². The van der Waals surface area contributed by atoms with Gasteiger partial charge in [-0.15, -0.1) is 0 Å². The van der Waals surface area contributed by atoms with Crippen LogP contribution < -0.4 is 9.80 Å². The zero-order valence-electron chi connectivity index (χ0n) is 30.0. The third-order valence-corrected chi connectivity index (χ3v) is 10.2. The third-order valence-electron chi connectivity index (χ3n) is 10.2. The van der Waals surface area contributed by atoms with Crippen molar-refractivity contribution in [2.45, 2.75) is 0 Å². The highest BCUT2D eigenvalue weighted by atomic mass is 16.3. The minimum absolute atomic E-state index is 0.583. The highest BCUT2D eigenvalue weighted by Gasteiger charge is 2.20. The van der Waals surface area contributed by atoms with E-state index < -0.39 is 0 Å². The smallest absolute Gasteiger partial charge is 0.227 e. The van der Waals surface area contributed by atoms with Gasteiger partial charge in [-0.3, -0.25) is 0 Å². The lowest BCUT2D eigenvalue weighted by molar-refractivity contribution is 0.623. The van der Waals surface area contributed by atoms with Gasteiger partial charge < -0.3 is 14.2 Å². The molecule has 0 spiro atoms. The second-order valence-corrected chi connectivity index (χ2v) is 13.6. The molecule has 0 N–H and O–H groups in total. The first kappa shape index (κ1) is 32.2. The molecule has 10 rings (SSSR count). The Morgan fingerprint density at radius 2 is 0.764 bits per heavy atom. The summed E-state index contributed by atoms with van der Waals surface area (Å²) in [5.41, 5.74) is 11.3. The van der Waals surface area contributed by atoms with Crippen molar-refractivity contribution >= 4 is 66.8 Å². The molecule has 0 atom stereocenters. The minimum atomic E-state index is 0.583. The second kappa shape index (κ2) is 13.8. The quantitative estimate of drug-likeness (QED) is 0.147. The third kappa shape index (κ3) is 5.96. The van der Waals surface area contributed by atoms with Crippen LogP contribution >= 0.6 is 0 Å². The number of fused-ring (bicyclic) bond motifs is 6. The Morgan fingerprint density at radius 3 is 1.38 bits per heavy atom. The molecule has 0 radical (unpaired) electrons. The minimum Gasteiger partial charge on any atom is -0.435 e. The van der Waals surface area contributed by atoms with Crippen molar-refractivity contribution in [2.24, 2.45) is 0 Å². The first-order chi connectivity index (χ1) is 27.3. The predicted octanol–water partition coefficient (Wildman–Crippen LogP) is 14.4. The monoisotopic (exact) mass is 705 g/mol. The van der Waals surface area contributed by atoms with Gasteiger partial charge in [-0.2, -0.15) is 0 Å². The molecule has 4 nitrogen and oxygen atoms in total. The molecule has 0 aliphatic carbocycles. The van der Waals surface area contributed by atoms with Gasteiger partial charge in [0.25, 0.3) is 0 Å². The van der Waals surface area contributed by atoms with Crippen molar-refractivity contribution in [1.29, 1.82) is 0 Å². The SMILES string of the molecule is c1ccc(-c2cccc(N(c3ccccc3)c3cccc(-c4nc5c6ccccc6c6cc(N(c7ccccc7)c7ccccc7)ccc6c5o4)c3)c2)cc1. The number of hydrogen-bond donors (Lipinski definition) is 0. The van der Waals surface area contributed by atoms with Crippen molar-refractivity contribution in [3.05, 3.63) is 212 Å². The molecule has 1 heterocycles. The van der Waals surface area contributed by atoms with Gasteiger partial charge >= 0.3 is 0 Å². The van der Waals surface area contributed by atoms with E-state index in [0.29, 0.717) is 5.89 Å². The Kier molecular flexibility index (Phi) is 8.12. The highest BCUT2D eigenvalue weighted by Crippen LogP contribution is 2.43. The van der Waals surface area contributed by atoms with E-state index in [1.54, 1.807) is 0 Å². The van der Waals surface area contributed by atoms with Crippen LogP contribution in [0.2, 0.25) is 0 Å². The summed E-state index contributed by atoms with van der Waals surface area (Å²) in [6, 6.07) is 74.4. The maximum absolute atomic E-state index is 6.82. The van der Waals surface area contributed by atoms with Gasteiger partial charge in [0.15, 0.2) is 5.58 Å². The molecule has 0 fully saturated rings. The molecule has 9 aromatic carbocycles. The van der Waals surface area contributed by atoms with Crippen LogP contribution in [-0.4, -0.2) is 4.98 Å². The van der Waals surface area contributed by atoms with Gasteiger partial charge in [-0.05, 0) is 107 Å². The fourth-order valence-corrected chi connectivity index (χ4v) is 7.68. The van der Waals surface area contributed by atoms with Gasteiger partial charge in [0.2, 0.25) is 5.89 Å². The van der Waals surface area contributed by atoms with Crippen LogP contribution in [0.25, 0.3) is 55.2 Å². The molecule has 0 bridgehead atoms. The number of oxazole rings is 1. The van der Waals surface area contributed by atoms with E-state index in [2.05, 4.69) is 222 Å². The van der Waals surface area contributed by atoms with Crippen LogP contribution in [-0.2, 0) is 0 Å². The molecular weight excluding hydrogens is 671 g/mol. The Labute approximate surface area is 319 Å². The predicted molar refractivity (Wildman–Crippen MR) is 229 cm³/mol. The van der Waals surface area contributed by atoms with E-state index in [0.717, 1.165) is 77.9 Å². The number of benzene rings is 9. The number of nitrogens with zero attached hydrogens (tertiary/aromatic N) is 3. The normalized spacial score (nSPS) is 11.3. The molecule has 4 heteroatoms. The summed E-state index contributed by atoms with van der Waals surface area (Å²) < 4.78 is 6.82. The summed E-state index contributed by atoms with van der Waals surface area (Å²) in [6.45, 7) is 0. The van der Waals surface area contributed by atoms with Crippen LogP contribution in [0.3, 0.4) is 0 Å². The molecule has 0 unspecified atom stereocenters. The zero-order chi connectivity index (χ0) is 36.6. The molecule has 0 saturated carbocycles. The lowest BCUT2D eigenvalue weighted by Gasteiger charge is -2.26. The van der Waals surface area contributed by atoms with Gasteiger partial charge in [-0.25, -0.2) is 4.98 Å². The van der Waals surface area contributed by atoms with Crippen LogP contribution in [0.15, 0.2) is 217 Å². The van der Waals surface area contributed by atoms with Crippen LogP contribution in [0.4, 0.5) is 34.1 Å². The van der Waals surface area contributed by atoms with Crippen LogP contribution in [0.1, 0.15) is 0 Å². The number of para-hydroxylation sites is 3. The second-order valence-electron chi connectivity index (χ2n) is 13.6. The summed E-state index contributed by atoms with van der Waals surface area (Å²) in [7, 11) is 0. The molecule has 1 aromatic heterocycles. The topological polar surface area (TPSA) is 32.5 Å². The summed E-state index contributed by atoms with van der Waals surface area (Å²) in [4.78, 5) is 9.80. The molecule has 10 aromatic rings. The lowest BCUT2D eigenvalue weighted by atomic mass is 9.99. The highest BCUT2D eigenvalue weighted by molar-refractivity contribution is 6.23. The van der Waals surface area contributed by atoms with Crippen LogP contribution in [0.5, 0.6) is 0 Å². The zero-order valence-corrected chi connectivity index (χ0v) is 30.0. The van der Waals surface area contributed by atoms with Crippen molar-refractivity contribution in [1.82, 2.24) is 4.98 Å². The molecule has 0 amide bonds. The van der Waals surface area contributed by atoms with Crippen molar-refractivity contribution in [2.75, 3.05) is 9.80 Å². The van der Waals surface area contributed by atoms with E-state index in [-0.39, 0.29) is 0 Å². The van der Waals surface area contributed by atoms with E-state index >= 15 is 0 Å². The molecule has 0 aliphatic rings. The van der Waals surface area contributed by atoms with Gasteiger partial charge in [-0.1, -0.05) is 127 Å². The fraction of sp³-hybridized carbons (Fsp3) is 0. The first-order valence-corrected chi connectivity index (χ1v) is 18.5. The summed E-state index contributed by atoms with van der Waals surface area (Å²) >= 11 is 0. The van der Waals surface area contributed by atoms with Gasteiger partial charge in [0.05, 0.1) is 0 Å². The summed E-state index contributed by atoms with van der Waals surface area (Å²) in [6.07, 6.45) is 0. The number of anilines is 6. The van der Waals surface area contributed by atoms with Gasteiger partial charge in [0.1, 0.15) is 5.52 Å². The van der Waals surface area contributed by atoms with E-state index in [1.807, 2.05) is 0 Å². The number of rotatable bonds is 8. The maximum atomic E-state index is 6.82. The molecule has 260 valence electrons. The van der Waals surface area contributed by atoms with E-state index in [4.69, 9.17) is 9.40 Å². The Morgan fingerprint density at radius 1 is 0.309 bits per heavy atom. The lowest BCUT2D eigenvalue weighted by Crippen LogP contribution is -2.10. The Hall–Kier alpha value is -7.43. The standard InChI is InChI=1S/C51H35N3O/c1-5-17-36(18-6-1)37-19-15-27-42(33-37)54(41-25-11-4-12-26-41)43-28-16-20-38(34-43)51-52-49-46-30-14-13-29-45(46)48-35-44(31-32-47(48)50(49)55-51)53(39-21-7-2-8-22-39)40-23-9-3-10-24-40/h1-35H. The average Bonchev–Trinajstić information content (AvgIpc) is 3.72. The Balaban J connectivity index is 1.11. The molecular formula is C51H35N3O. The molecule has 55 heavy (non-hydrogen) atoms. The number of hydrogen-bond acceptors (Lipinski definition) is 4. The number of aromatic nitrogens is 1. The summed E-state index contributed by atoms with van der Waals surface area (Å²) in [5, 5.41) is 4.33. The van der Waals surface area contributed by atoms with Crippen molar-refractivity contribution in [3.8, 4) is 22.6 Å². The molecule has 0 aliphatic heterocycles. The van der Waals surface area contributed by atoms with Crippen molar-refractivity contribution in [3.63, 3.8) is 0 Å². The Bertz CT molecular complexity index is 2890.